The summed E-state index contributed by atoms with van der Waals surface area (Å²) in [6, 6.07) is 0. The smallest absolute Gasteiger partial charge is 0.550 e. The summed E-state index contributed by atoms with van der Waals surface area (Å²) in [6.07, 6.45) is -4.24. The van der Waals surface area contributed by atoms with Crippen LogP contribution in [-0.2, 0) is 57.5 Å². The number of carboxylic acid groups (broad SMARTS) is 8. The summed E-state index contributed by atoms with van der Waals surface area (Å²) in [4.78, 5) is 116. The predicted molar refractivity (Wildman–Crippen MR) is 92.3 cm³/mol. The molecule has 0 spiro atoms. The molecule has 0 aliphatic heterocycles. The molecule has 0 rings (SSSR count). The number of ketones is 4. The minimum absolute atomic E-state index is 0. The molecule has 20 heteroatoms. The molecule has 0 saturated heterocycles. The van der Waals surface area contributed by atoms with Crippen LogP contribution in [-0.4, -0.2) is 91.3 Å². The molecule has 0 unspecified atom stereocenters. The molecule has 0 radical (unpaired) electrons. The monoisotopic (exact) mass is 536 g/mol. The average molecular weight is 536 g/mol. The van der Waals surface area contributed by atoms with Crippen LogP contribution in [0.15, 0.2) is 0 Å². The van der Waals surface area contributed by atoms with Crippen LogP contribution in [0.3, 0.4) is 0 Å². The van der Waals surface area contributed by atoms with Crippen LogP contribution >= 0.6 is 0 Å². The fourth-order valence-electron chi connectivity index (χ4n) is 0.827. The number of carbonyl (C=O) groups is 12. The maximum absolute atomic E-state index is 9.93. The second kappa shape index (κ2) is 22.2. The third-order valence-corrected chi connectivity index (χ3v) is 2.17. The number of aliphatic carboxylic acids is 8. The number of rotatable bonds is 12. The third kappa shape index (κ3) is 35.2. The standard InChI is InChI=1S/4C4H4O5.C/c4*5-2(4(8)9)1-3(6)7;/h4*1H2,(H,6,7)(H,8,9);/q;;;;+4/p-4. The molecule has 0 bridgehead atoms. The number of hydrogen-bond acceptors (Lipinski definition) is 16. The van der Waals surface area contributed by atoms with Gasteiger partial charge in [0.25, 0.3) is 0 Å². The number of carbonyl (C=O) groups excluding carboxylic acids is 8. The van der Waals surface area contributed by atoms with E-state index < -0.39 is 96.6 Å². The van der Waals surface area contributed by atoms with Gasteiger partial charge in [0, 0.05) is 23.9 Å². The normalized spacial score (nSPS) is 8.22. The van der Waals surface area contributed by atoms with E-state index >= 15 is 0 Å². The third-order valence-electron chi connectivity index (χ3n) is 2.17. The summed E-state index contributed by atoms with van der Waals surface area (Å²) < 4.78 is 0. The first-order valence-electron chi connectivity index (χ1n) is 7.99. The molecule has 4 N–H and O–H groups in total. The van der Waals surface area contributed by atoms with Crippen molar-refractivity contribution in [2.75, 3.05) is 0 Å². The van der Waals surface area contributed by atoms with E-state index in [1.165, 1.54) is 0 Å². The summed E-state index contributed by atoms with van der Waals surface area (Å²) in [7, 11) is 0. The molecule has 0 amide bonds. The second-order valence-electron chi connectivity index (χ2n) is 5.11. The van der Waals surface area contributed by atoms with Gasteiger partial charge in [-0.3, -0.25) is 19.2 Å². The van der Waals surface area contributed by atoms with Gasteiger partial charge in [-0.15, -0.1) is 0 Å². The van der Waals surface area contributed by atoms with E-state index in [-0.39, 0.29) is 7.43 Å². The molecule has 0 aliphatic rings. The van der Waals surface area contributed by atoms with Crippen LogP contribution in [0.25, 0.3) is 0 Å². The Bertz CT molecular complexity index is 787. The van der Waals surface area contributed by atoms with Crippen molar-refractivity contribution in [2.45, 2.75) is 25.7 Å². The van der Waals surface area contributed by atoms with Gasteiger partial charge in [-0.05, 0) is 0 Å². The van der Waals surface area contributed by atoms with Crippen LogP contribution in [0.2, 0.25) is 0 Å². The maximum atomic E-state index is 9.93. The Morgan fingerprint density at radius 3 is 0.486 bits per heavy atom. The fraction of sp³-hybridized carbons (Fsp3) is 0.235. The van der Waals surface area contributed by atoms with E-state index in [1.54, 1.807) is 0 Å². The Morgan fingerprint density at radius 1 is 0.351 bits per heavy atom. The van der Waals surface area contributed by atoms with Crippen LogP contribution in [0, 0.1) is 7.43 Å². The van der Waals surface area contributed by atoms with Crippen molar-refractivity contribution in [3.63, 3.8) is 0 Å². The first-order chi connectivity index (χ1) is 16.1. The molecule has 0 atom stereocenters. The molecule has 0 aromatic rings. The first kappa shape index (κ1) is 41.7. The first-order valence-corrected chi connectivity index (χ1v) is 7.99. The Hall–Kier alpha value is -5.56. The van der Waals surface area contributed by atoms with Gasteiger partial charge in [0.15, 0.2) is 0 Å². The summed E-state index contributed by atoms with van der Waals surface area (Å²) in [6.45, 7) is 0. The van der Waals surface area contributed by atoms with Crippen LogP contribution < -0.4 is 20.4 Å². The quantitative estimate of drug-likeness (QED) is 0.133. The van der Waals surface area contributed by atoms with E-state index in [4.69, 9.17) is 20.4 Å². The maximum Gasteiger partial charge on any atom is 4.00 e. The number of Topliss-reactive ketones (excluding diaryl/α,β-unsaturated/α-hetero) is 4. The van der Waals surface area contributed by atoms with E-state index in [2.05, 4.69) is 0 Å². The molecule has 200 valence electrons. The minimum atomic E-state index is -1.75. The largest absolute Gasteiger partial charge is 4.00 e. The molecule has 0 heterocycles. The molecule has 0 aromatic carbocycles. The Labute approximate surface area is 203 Å². The van der Waals surface area contributed by atoms with Crippen LogP contribution in [0.5, 0.6) is 0 Å². The van der Waals surface area contributed by atoms with Crippen molar-refractivity contribution in [3.8, 4) is 0 Å². The molecule has 0 aliphatic carbocycles. The molecular weight excluding hydrogens is 524 g/mol. The second-order valence-corrected chi connectivity index (χ2v) is 5.11. The van der Waals surface area contributed by atoms with Gasteiger partial charge in [0.2, 0.25) is 23.1 Å². The zero-order chi connectivity index (χ0) is 29.8. The van der Waals surface area contributed by atoms with E-state index in [0.717, 1.165) is 0 Å². The van der Waals surface area contributed by atoms with Gasteiger partial charge in [0.1, 0.15) is 0 Å². The Kier molecular flexibility index (Phi) is 25.1. The summed E-state index contributed by atoms with van der Waals surface area (Å²) in [5.74, 6) is -19.2. The molecule has 20 nitrogen and oxygen atoms in total. The molecule has 0 fully saturated rings. The van der Waals surface area contributed by atoms with Crippen molar-refractivity contribution >= 4 is 70.9 Å². The van der Waals surface area contributed by atoms with Gasteiger partial charge in [0.05, 0.1) is 25.7 Å². The predicted octanol–water partition coefficient (Wildman–Crippen LogP) is -8.80. The van der Waals surface area contributed by atoms with Gasteiger partial charge in [-0.2, -0.15) is 0 Å². The van der Waals surface area contributed by atoms with Crippen LogP contribution in [0.1, 0.15) is 25.7 Å². The van der Waals surface area contributed by atoms with Gasteiger partial charge in [-0.1, -0.05) is 0 Å². The zero-order valence-corrected chi connectivity index (χ0v) is 17.6. The molecular formula is C17H12O20. The van der Waals surface area contributed by atoms with E-state index in [1.807, 2.05) is 0 Å². The van der Waals surface area contributed by atoms with E-state index in [0.29, 0.717) is 0 Å². The Morgan fingerprint density at radius 2 is 0.459 bits per heavy atom. The molecule has 37 heavy (non-hydrogen) atoms. The Balaban J connectivity index is -0.000000122. The fourth-order valence-corrected chi connectivity index (χ4v) is 0.827. The summed E-state index contributed by atoms with van der Waals surface area (Å²) in [5.41, 5.74) is 0. The summed E-state index contributed by atoms with van der Waals surface area (Å²) in [5, 5.41) is 69.2. The van der Waals surface area contributed by atoms with Crippen molar-refractivity contribution < 1.29 is 98.4 Å². The van der Waals surface area contributed by atoms with Crippen LogP contribution in [0.4, 0.5) is 0 Å². The average Bonchev–Trinajstić information content (AvgIpc) is 2.67. The molecule has 0 saturated carbocycles. The van der Waals surface area contributed by atoms with Crippen molar-refractivity contribution in [3.05, 3.63) is 7.43 Å². The van der Waals surface area contributed by atoms with Gasteiger partial charge >= 0.3 is 31.3 Å². The van der Waals surface area contributed by atoms with Crippen molar-refractivity contribution in [1.82, 2.24) is 0 Å². The SMILES string of the molecule is O=C([O-])CC(=O)C(=O)O.O=C([O-])CC(=O)C(=O)O.O=C([O-])CC(=O)C(=O)O.O=C([O-])CC(=O)C(=O)O.[C+4]. The zero-order valence-electron chi connectivity index (χ0n) is 17.6. The van der Waals surface area contributed by atoms with Gasteiger partial charge < -0.3 is 60.0 Å². The number of carboxylic acids is 8. The molecule has 0 aromatic heterocycles. The van der Waals surface area contributed by atoms with Gasteiger partial charge in [-0.25, -0.2) is 19.2 Å². The number of hydrogen-bond donors (Lipinski definition) is 4. The summed E-state index contributed by atoms with van der Waals surface area (Å²) >= 11 is 0. The topological polar surface area (TPSA) is 378 Å². The van der Waals surface area contributed by atoms with Crippen molar-refractivity contribution in [2.24, 2.45) is 0 Å². The minimum Gasteiger partial charge on any atom is -0.550 e. The van der Waals surface area contributed by atoms with E-state index in [9.17, 15) is 78.0 Å². The van der Waals surface area contributed by atoms with Crippen molar-refractivity contribution in [1.29, 1.82) is 0 Å².